The number of pyridine rings is 2. The normalized spacial score (nSPS) is 22.7. The lowest BCUT2D eigenvalue weighted by Crippen LogP contribution is -2.37. The van der Waals surface area contributed by atoms with Gasteiger partial charge in [-0.1, -0.05) is 48.5 Å². The molecule has 0 spiro atoms. The third-order valence-electron chi connectivity index (χ3n) is 7.23. The maximum Gasteiger partial charge on any atom is 0.172 e. The molecule has 2 aliphatic carbocycles. The Bertz CT molecular complexity index is 1250. The zero-order valence-electron chi connectivity index (χ0n) is 18.0. The van der Waals surface area contributed by atoms with Gasteiger partial charge >= 0.3 is 0 Å². The Morgan fingerprint density at radius 1 is 0.576 bits per heavy atom. The van der Waals surface area contributed by atoms with E-state index in [1.807, 2.05) is 48.5 Å². The van der Waals surface area contributed by atoms with Crippen LogP contribution in [0, 0.1) is 0 Å². The molecule has 4 aromatic rings. The molecule has 2 bridgehead atoms. The van der Waals surface area contributed by atoms with Crippen LogP contribution < -0.4 is 0 Å². The highest BCUT2D eigenvalue weighted by molar-refractivity contribution is 6.04. The van der Waals surface area contributed by atoms with Gasteiger partial charge in [0.25, 0.3) is 0 Å². The van der Waals surface area contributed by atoms with Gasteiger partial charge in [0.1, 0.15) is 0 Å². The molecule has 2 aromatic heterocycles. The number of fused-ring (bicyclic) bond motifs is 6. The number of aromatic nitrogens is 2. The van der Waals surface area contributed by atoms with Crippen molar-refractivity contribution in [2.75, 3.05) is 0 Å². The second-order valence-corrected chi connectivity index (χ2v) is 8.87. The molecule has 0 unspecified atom stereocenters. The summed E-state index contributed by atoms with van der Waals surface area (Å²) in [7, 11) is 0. The number of benzene rings is 2. The van der Waals surface area contributed by atoms with Gasteiger partial charge in [-0.05, 0) is 64.8 Å². The lowest BCUT2D eigenvalue weighted by atomic mass is 9.56. The average Bonchev–Trinajstić information content (AvgIpc) is 2.89. The summed E-state index contributed by atoms with van der Waals surface area (Å²) >= 11 is 0. The van der Waals surface area contributed by atoms with E-state index < -0.39 is 0 Å². The number of rotatable bonds is 4. The van der Waals surface area contributed by atoms with E-state index in [-0.39, 0.29) is 35.2 Å². The summed E-state index contributed by atoms with van der Waals surface area (Å²) in [5, 5.41) is 0. The lowest BCUT2D eigenvalue weighted by Gasteiger charge is -2.46. The first kappa shape index (κ1) is 19.7. The van der Waals surface area contributed by atoms with E-state index in [2.05, 4.69) is 34.2 Å². The quantitative estimate of drug-likeness (QED) is 0.390. The molecule has 2 aromatic carbocycles. The summed E-state index contributed by atoms with van der Waals surface area (Å²) in [6, 6.07) is 23.6. The number of carbonyl (C=O) groups excluding carboxylic acids is 2. The topological polar surface area (TPSA) is 59.9 Å². The molecule has 2 aliphatic rings. The number of Topliss-reactive ketones (excluding diaryl/α,β-unsaturated/α-hetero) is 2. The largest absolute Gasteiger partial charge is 0.293 e. The van der Waals surface area contributed by atoms with Crippen LogP contribution in [-0.2, 0) is 0 Å². The number of hydrogen-bond donors (Lipinski definition) is 0. The molecule has 0 radical (unpaired) electrons. The van der Waals surface area contributed by atoms with Crippen molar-refractivity contribution in [2.45, 2.75) is 30.1 Å². The maximum absolute atomic E-state index is 13.8. The zero-order chi connectivity index (χ0) is 22.4. The Balaban J connectivity index is 1.54. The minimum Gasteiger partial charge on any atom is -0.293 e. The SMILES string of the molecule is O=C(c1cccnc1)[C@@H]1c2ccccc2[C@H]2C[C@@H]1c1ccccc1[C@H]2C(=O)c1cccnc1. The molecule has 2 heterocycles. The number of ketones is 2. The predicted octanol–water partition coefficient (Wildman–Crippen LogP) is 5.69. The van der Waals surface area contributed by atoms with Gasteiger partial charge in [-0.2, -0.15) is 0 Å². The van der Waals surface area contributed by atoms with Crippen LogP contribution in [0.5, 0.6) is 0 Å². The Morgan fingerprint density at radius 2 is 1.00 bits per heavy atom. The van der Waals surface area contributed by atoms with Crippen molar-refractivity contribution in [1.29, 1.82) is 0 Å². The van der Waals surface area contributed by atoms with Crippen LogP contribution >= 0.6 is 0 Å². The van der Waals surface area contributed by atoms with Gasteiger partial charge in [0.05, 0.1) is 11.8 Å². The second-order valence-electron chi connectivity index (χ2n) is 8.87. The number of nitrogens with zero attached hydrogens (tertiary/aromatic N) is 2. The average molecular weight is 431 g/mol. The van der Waals surface area contributed by atoms with Gasteiger partial charge in [-0.15, -0.1) is 0 Å². The van der Waals surface area contributed by atoms with E-state index in [1.165, 1.54) is 0 Å². The van der Waals surface area contributed by atoms with Gasteiger partial charge in [0, 0.05) is 35.9 Å². The molecule has 0 amide bonds. The van der Waals surface area contributed by atoms with Crippen molar-refractivity contribution in [3.63, 3.8) is 0 Å². The molecule has 4 atom stereocenters. The summed E-state index contributed by atoms with van der Waals surface area (Å²) in [5.41, 5.74) is 5.53. The standard InChI is InChI=1S/C29H22N2O2/c32-28(18-7-5-13-30-16-18)26-22-11-3-1-9-20(22)24-15-25(26)21-10-2-4-12-23(21)27(24)29(33)19-8-6-14-31-17-19/h1-14,16-17,24-27H,15H2/t24-,25-,26-,27-/m1/s1. The van der Waals surface area contributed by atoms with Crippen molar-refractivity contribution >= 4 is 11.6 Å². The fourth-order valence-electron chi connectivity index (χ4n) is 5.88. The summed E-state index contributed by atoms with van der Waals surface area (Å²) in [6.45, 7) is 0. The molecule has 6 rings (SSSR count). The molecular formula is C29H22N2O2. The number of carbonyl (C=O) groups is 2. The van der Waals surface area contributed by atoms with Crippen LogP contribution in [-0.4, -0.2) is 21.5 Å². The molecule has 0 saturated carbocycles. The molecule has 0 fully saturated rings. The van der Waals surface area contributed by atoms with E-state index in [4.69, 9.17) is 0 Å². The van der Waals surface area contributed by atoms with E-state index in [0.717, 1.165) is 28.7 Å². The van der Waals surface area contributed by atoms with Crippen LogP contribution in [0.15, 0.2) is 97.6 Å². The van der Waals surface area contributed by atoms with E-state index in [0.29, 0.717) is 11.1 Å². The summed E-state index contributed by atoms with van der Waals surface area (Å²) in [5.74, 6) is -0.371. The van der Waals surface area contributed by atoms with E-state index >= 15 is 0 Å². The van der Waals surface area contributed by atoms with E-state index in [1.54, 1.807) is 24.8 Å². The van der Waals surface area contributed by atoms with Crippen LogP contribution in [0.4, 0.5) is 0 Å². The number of hydrogen-bond acceptors (Lipinski definition) is 4. The minimum atomic E-state index is -0.294. The molecular weight excluding hydrogens is 408 g/mol. The summed E-state index contributed by atoms with van der Waals surface area (Å²) < 4.78 is 0. The van der Waals surface area contributed by atoms with Gasteiger partial charge < -0.3 is 0 Å². The molecule has 4 nitrogen and oxygen atoms in total. The van der Waals surface area contributed by atoms with Crippen LogP contribution in [0.1, 0.15) is 73.1 Å². The fraction of sp³-hybridized carbons (Fsp3) is 0.172. The van der Waals surface area contributed by atoms with Gasteiger partial charge in [-0.25, -0.2) is 0 Å². The van der Waals surface area contributed by atoms with Gasteiger partial charge in [0.15, 0.2) is 11.6 Å². The zero-order valence-corrected chi connectivity index (χ0v) is 18.0. The highest BCUT2D eigenvalue weighted by atomic mass is 16.1. The lowest BCUT2D eigenvalue weighted by molar-refractivity contribution is 0.0908. The van der Waals surface area contributed by atoms with Gasteiger partial charge in [-0.3, -0.25) is 19.6 Å². The summed E-state index contributed by atoms with van der Waals surface area (Å²) in [6.07, 6.45) is 7.45. The Labute approximate surface area is 192 Å². The monoisotopic (exact) mass is 430 g/mol. The second kappa shape index (κ2) is 7.89. The minimum absolute atomic E-state index is 0.0201. The van der Waals surface area contributed by atoms with Gasteiger partial charge in [0.2, 0.25) is 0 Å². The molecule has 33 heavy (non-hydrogen) atoms. The molecule has 160 valence electrons. The van der Waals surface area contributed by atoms with Crippen molar-refractivity contribution in [3.8, 4) is 0 Å². The summed E-state index contributed by atoms with van der Waals surface area (Å²) in [4.78, 5) is 35.9. The highest BCUT2D eigenvalue weighted by Gasteiger charge is 2.49. The molecule has 0 aliphatic heterocycles. The van der Waals surface area contributed by atoms with E-state index in [9.17, 15) is 9.59 Å². The van der Waals surface area contributed by atoms with Crippen LogP contribution in [0.3, 0.4) is 0 Å². The maximum atomic E-state index is 13.8. The first-order valence-corrected chi connectivity index (χ1v) is 11.3. The van der Waals surface area contributed by atoms with Crippen molar-refractivity contribution in [1.82, 2.24) is 9.97 Å². The Hall–Kier alpha value is -3.92. The third kappa shape index (κ3) is 3.13. The predicted molar refractivity (Wildman–Crippen MR) is 126 cm³/mol. The van der Waals surface area contributed by atoms with Crippen molar-refractivity contribution < 1.29 is 9.59 Å². The van der Waals surface area contributed by atoms with Crippen LogP contribution in [0.2, 0.25) is 0 Å². The smallest absolute Gasteiger partial charge is 0.172 e. The third-order valence-corrected chi connectivity index (χ3v) is 7.23. The molecule has 0 N–H and O–H groups in total. The Kier molecular flexibility index (Phi) is 4.72. The highest BCUT2D eigenvalue weighted by Crippen LogP contribution is 2.58. The fourth-order valence-corrected chi connectivity index (χ4v) is 5.88. The van der Waals surface area contributed by atoms with Crippen LogP contribution in [0.25, 0.3) is 0 Å². The first-order valence-electron chi connectivity index (χ1n) is 11.3. The van der Waals surface area contributed by atoms with Crippen molar-refractivity contribution in [2.24, 2.45) is 0 Å². The molecule has 4 heteroatoms. The first-order chi connectivity index (χ1) is 16.2. The Morgan fingerprint density at radius 3 is 1.39 bits per heavy atom. The molecule has 0 saturated heterocycles. The van der Waals surface area contributed by atoms with Crippen molar-refractivity contribution in [3.05, 3.63) is 131 Å².